The molecule has 0 saturated heterocycles. The Kier molecular flexibility index (Phi) is 10.2. The van der Waals surface area contributed by atoms with E-state index < -0.39 is 11.5 Å². The third kappa shape index (κ3) is 9.21. The van der Waals surface area contributed by atoms with Crippen LogP contribution in [0.4, 0.5) is 0 Å². The molecule has 0 heterocycles. The van der Waals surface area contributed by atoms with Crippen molar-refractivity contribution in [3.05, 3.63) is 84.9 Å². The number of rotatable bonds is 0. The standard InChI is InChI=1S/C6H6O2.2C6H5.2Hg/c7-5-3-1-2-4-6(5)8;2*1-2-4-6-5-3-1;;/h1-4,7-8H;2*1-5H;;/q;;;2*+1/p-2. The Bertz CT molecular complexity index is 585. The molecule has 0 radical (unpaired) electrons. The van der Waals surface area contributed by atoms with E-state index in [1.54, 1.807) is 12.1 Å². The van der Waals surface area contributed by atoms with Crippen LogP contribution in [0, 0.1) is 0 Å². The zero-order chi connectivity index (χ0) is 16.2. The minimum Gasteiger partial charge on any atom is -0.873 e. The Labute approximate surface area is 163 Å². The molecule has 0 saturated carbocycles. The van der Waals surface area contributed by atoms with Crippen LogP contribution >= 0.6 is 0 Å². The van der Waals surface area contributed by atoms with Crippen molar-refractivity contribution in [3.63, 3.8) is 0 Å². The first-order chi connectivity index (χ1) is 10.6. The molecule has 0 aliphatic heterocycles. The van der Waals surface area contributed by atoms with E-state index in [0.717, 1.165) is 52.2 Å². The second kappa shape index (κ2) is 11.7. The molecule has 3 aromatic rings. The van der Waals surface area contributed by atoms with E-state index in [1.165, 1.54) is 18.3 Å². The molecule has 22 heavy (non-hydrogen) atoms. The molecule has 0 aliphatic carbocycles. The quantitative estimate of drug-likeness (QED) is 0.343. The molecule has 0 aliphatic rings. The summed E-state index contributed by atoms with van der Waals surface area (Å²) in [5.41, 5.74) is 0. The largest absolute Gasteiger partial charge is 0.873 e. The van der Waals surface area contributed by atoms with Gasteiger partial charge in [-0.2, -0.15) is 0 Å². The monoisotopic (exact) mass is 666 g/mol. The molecule has 0 atom stereocenters. The van der Waals surface area contributed by atoms with Crippen LogP contribution in [0.25, 0.3) is 0 Å². The van der Waals surface area contributed by atoms with E-state index >= 15 is 0 Å². The van der Waals surface area contributed by atoms with Crippen molar-refractivity contribution in [2.75, 3.05) is 0 Å². The van der Waals surface area contributed by atoms with E-state index in [1.807, 2.05) is 0 Å². The first-order valence-corrected chi connectivity index (χ1v) is 12.3. The predicted molar refractivity (Wildman–Crippen MR) is 77.5 cm³/mol. The van der Waals surface area contributed by atoms with E-state index in [-0.39, 0.29) is 0 Å². The summed E-state index contributed by atoms with van der Waals surface area (Å²) >= 11 is 1.62. The molecular weight excluding hydrogens is 649 g/mol. The van der Waals surface area contributed by atoms with Gasteiger partial charge in [0.25, 0.3) is 0 Å². The molecule has 0 N–H and O–H groups in total. The second-order valence-electron chi connectivity index (χ2n) is 4.42. The summed E-state index contributed by atoms with van der Waals surface area (Å²) in [5.74, 6) is -0.875. The summed E-state index contributed by atoms with van der Waals surface area (Å²) in [6.07, 6.45) is 0. The molecule has 0 fully saturated rings. The summed E-state index contributed by atoms with van der Waals surface area (Å²) in [4.78, 5) is 0. The zero-order valence-corrected chi connectivity index (χ0v) is 23.3. The molecule has 4 heteroatoms. The number of para-hydroxylation sites is 2. The van der Waals surface area contributed by atoms with Crippen LogP contribution in [0.2, 0.25) is 0 Å². The van der Waals surface area contributed by atoms with E-state index in [4.69, 9.17) is 0 Å². The van der Waals surface area contributed by atoms with Crippen molar-refractivity contribution in [1.29, 1.82) is 0 Å². The number of hydrogen-bond donors (Lipinski definition) is 0. The topological polar surface area (TPSA) is 46.1 Å². The second-order valence-corrected chi connectivity index (χ2v) is 10.8. The van der Waals surface area contributed by atoms with E-state index in [2.05, 4.69) is 60.7 Å². The molecule has 2 nitrogen and oxygen atoms in total. The van der Waals surface area contributed by atoms with Crippen molar-refractivity contribution >= 4 is 6.14 Å². The van der Waals surface area contributed by atoms with Crippen LogP contribution in [0.15, 0.2) is 84.9 Å². The molecule has 0 bridgehead atoms. The summed E-state index contributed by atoms with van der Waals surface area (Å²) < 4.78 is 3.03. The third-order valence-corrected chi connectivity index (χ3v) is 6.20. The van der Waals surface area contributed by atoms with Crippen molar-refractivity contribution in [3.8, 4) is 11.5 Å². The maximum atomic E-state index is 10.3. The van der Waals surface area contributed by atoms with Gasteiger partial charge in [-0.25, -0.2) is 0 Å². The Morgan fingerprint density at radius 1 is 0.455 bits per heavy atom. The summed E-state index contributed by atoms with van der Waals surface area (Å²) in [6, 6.07) is 26.7. The fourth-order valence-electron chi connectivity index (χ4n) is 1.41. The molecule has 0 aromatic heterocycles. The van der Waals surface area contributed by atoms with Gasteiger partial charge < -0.3 is 10.2 Å². The molecule has 0 amide bonds. The van der Waals surface area contributed by atoms with Crippen LogP contribution in [-0.4, -0.2) is 0 Å². The molecule has 0 unspecified atom stereocenters. The Balaban J connectivity index is 0.000000166. The smallest absolute Gasteiger partial charge is 0.0629 e. The SMILES string of the molecule is [Hg+][c]1ccccc1.[Hg+][c]1ccccc1.[O-]c1ccccc1[O-]. The van der Waals surface area contributed by atoms with E-state index in [9.17, 15) is 10.2 Å². The molecule has 0 spiro atoms. The summed E-state index contributed by atoms with van der Waals surface area (Å²) in [7, 11) is 0. The van der Waals surface area contributed by atoms with Crippen LogP contribution in [0.3, 0.4) is 0 Å². The van der Waals surface area contributed by atoms with Crippen LogP contribution in [0.1, 0.15) is 0 Å². The summed E-state index contributed by atoms with van der Waals surface area (Å²) in [6.45, 7) is 0. The fourth-order valence-corrected chi connectivity index (χ4v) is 3.52. The van der Waals surface area contributed by atoms with Crippen LogP contribution in [0.5, 0.6) is 11.5 Å². The first-order valence-electron chi connectivity index (χ1n) is 6.76. The average Bonchev–Trinajstić information content (AvgIpc) is 2.53. The average molecular weight is 663 g/mol. The Morgan fingerprint density at radius 3 is 0.909 bits per heavy atom. The number of hydrogen-bond acceptors (Lipinski definition) is 2. The van der Waals surface area contributed by atoms with Gasteiger partial charge in [-0.05, 0) is 0 Å². The van der Waals surface area contributed by atoms with Crippen LogP contribution < -0.4 is 16.4 Å². The fraction of sp³-hybridized carbons (Fsp3) is 0. The normalized spacial score (nSPS) is 8.91. The van der Waals surface area contributed by atoms with Gasteiger partial charge >= 0.3 is 119 Å². The van der Waals surface area contributed by atoms with Crippen molar-refractivity contribution in [2.45, 2.75) is 0 Å². The molecule has 3 rings (SSSR count). The molecule has 102 valence electrons. The molecule has 3 aromatic carbocycles. The zero-order valence-electron chi connectivity index (χ0n) is 12.3. The van der Waals surface area contributed by atoms with Gasteiger partial charge in [0.2, 0.25) is 0 Å². The maximum Gasteiger partial charge on any atom is -0.0629 e. The maximum absolute atomic E-state index is 10.3. The van der Waals surface area contributed by atoms with Gasteiger partial charge in [-0.1, -0.05) is 24.3 Å². The van der Waals surface area contributed by atoms with Crippen molar-refractivity contribution < 1.29 is 62.5 Å². The van der Waals surface area contributed by atoms with E-state index in [0.29, 0.717) is 0 Å². The minimum atomic E-state index is -0.437. The van der Waals surface area contributed by atoms with Gasteiger partial charge in [0.1, 0.15) is 0 Å². The van der Waals surface area contributed by atoms with Crippen LogP contribution in [-0.2, 0) is 52.2 Å². The van der Waals surface area contributed by atoms with Crippen molar-refractivity contribution in [1.82, 2.24) is 0 Å². The van der Waals surface area contributed by atoms with Gasteiger partial charge in [0.05, 0.1) is 0 Å². The van der Waals surface area contributed by atoms with Crippen molar-refractivity contribution in [2.24, 2.45) is 0 Å². The Hall–Kier alpha value is -0.870. The number of benzene rings is 3. The molecular formula is C18H14Hg2O2. The van der Waals surface area contributed by atoms with Gasteiger partial charge in [0.15, 0.2) is 0 Å². The predicted octanol–water partition coefficient (Wildman–Crippen LogP) is 1.55. The van der Waals surface area contributed by atoms with Gasteiger partial charge in [-0.3, -0.25) is 0 Å². The minimum absolute atomic E-state index is 0.437. The van der Waals surface area contributed by atoms with Gasteiger partial charge in [-0.15, -0.1) is 11.5 Å². The first kappa shape index (κ1) is 19.2. The third-order valence-electron chi connectivity index (χ3n) is 2.53. The summed E-state index contributed by atoms with van der Waals surface area (Å²) in [5, 5.41) is 20.6. The van der Waals surface area contributed by atoms with Gasteiger partial charge in [0, 0.05) is 0 Å². The Morgan fingerprint density at radius 2 is 0.727 bits per heavy atom.